The standard InChI is InChI=1S/C26H24N4O3/c1-17-9-10-18(23-16-29-11-4-3-8-24(29)27-23)12-22(17)28-26(32)19-13-25(31)30(15-19)20-6-5-7-21(14-20)33-2/h3-12,14,16,19H,13,15H2,1-2H3,(H,28,32)/t19-/m0/s1. The molecule has 2 amide bonds. The van der Waals surface area contributed by atoms with Gasteiger partial charge in [0.15, 0.2) is 0 Å². The molecule has 0 unspecified atom stereocenters. The SMILES string of the molecule is COc1cccc(N2C[C@@H](C(=O)Nc3cc(-c4cn5ccccc5n4)ccc3C)CC2=O)c1. The fourth-order valence-electron chi connectivity index (χ4n) is 4.14. The van der Waals surface area contributed by atoms with E-state index in [9.17, 15) is 9.59 Å². The van der Waals surface area contributed by atoms with Crippen LogP contribution in [-0.4, -0.2) is 34.9 Å². The van der Waals surface area contributed by atoms with Crippen LogP contribution < -0.4 is 15.0 Å². The van der Waals surface area contributed by atoms with E-state index < -0.39 is 5.92 Å². The van der Waals surface area contributed by atoms with Crippen molar-refractivity contribution >= 4 is 28.8 Å². The van der Waals surface area contributed by atoms with Crippen molar-refractivity contribution in [2.45, 2.75) is 13.3 Å². The first kappa shape index (κ1) is 20.8. The lowest BCUT2D eigenvalue weighted by atomic mass is 10.1. The highest BCUT2D eigenvalue weighted by molar-refractivity contribution is 6.04. The van der Waals surface area contributed by atoms with Gasteiger partial charge in [0.1, 0.15) is 11.4 Å². The summed E-state index contributed by atoms with van der Waals surface area (Å²) in [5.74, 6) is 0.0112. The molecular weight excluding hydrogens is 416 g/mol. The smallest absolute Gasteiger partial charge is 0.229 e. The van der Waals surface area contributed by atoms with Gasteiger partial charge in [0.05, 0.1) is 18.7 Å². The van der Waals surface area contributed by atoms with Gasteiger partial charge in [-0.05, 0) is 42.8 Å². The zero-order valence-electron chi connectivity index (χ0n) is 18.5. The van der Waals surface area contributed by atoms with E-state index in [-0.39, 0.29) is 18.2 Å². The summed E-state index contributed by atoms with van der Waals surface area (Å²) in [5, 5.41) is 3.03. The number of hydrogen-bond donors (Lipinski definition) is 1. The Bertz CT molecular complexity index is 1330. The molecule has 0 radical (unpaired) electrons. The summed E-state index contributed by atoms with van der Waals surface area (Å²) in [4.78, 5) is 32.0. The molecular formula is C26H24N4O3. The summed E-state index contributed by atoms with van der Waals surface area (Å²) in [7, 11) is 1.59. The number of pyridine rings is 1. The number of nitrogens with zero attached hydrogens (tertiary/aromatic N) is 3. The van der Waals surface area contributed by atoms with Crippen LogP contribution in [0.3, 0.4) is 0 Å². The number of carbonyl (C=O) groups excluding carboxylic acids is 2. The average molecular weight is 441 g/mol. The molecule has 33 heavy (non-hydrogen) atoms. The number of methoxy groups -OCH3 is 1. The number of hydrogen-bond acceptors (Lipinski definition) is 4. The molecule has 1 saturated heterocycles. The Balaban J connectivity index is 1.34. The zero-order chi connectivity index (χ0) is 22.9. The number of ether oxygens (including phenoxy) is 1. The number of aryl methyl sites for hydroxylation is 1. The number of nitrogens with one attached hydrogen (secondary N) is 1. The number of benzene rings is 2. The summed E-state index contributed by atoms with van der Waals surface area (Å²) >= 11 is 0. The molecule has 3 heterocycles. The largest absolute Gasteiger partial charge is 0.497 e. The van der Waals surface area contributed by atoms with E-state index in [0.717, 1.165) is 33.8 Å². The third-order valence-corrected chi connectivity index (χ3v) is 6.02. The van der Waals surface area contributed by atoms with Gasteiger partial charge in [-0.15, -0.1) is 0 Å². The first-order valence-corrected chi connectivity index (χ1v) is 10.8. The Morgan fingerprint density at radius 3 is 2.82 bits per heavy atom. The first-order chi connectivity index (χ1) is 16.0. The van der Waals surface area contributed by atoms with Crippen molar-refractivity contribution in [1.82, 2.24) is 9.38 Å². The molecule has 0 bridgehead atoms. The Hall–Kier alpha value is -4.13. The molecule has 2 aromatic heterocycles. The molecule has 5 rings (SSSR count). The predicted octanol–water partition coefficient (Wildman–Crippen LogP) is 4.31. The van der Waals surface area contributed by atoms with Crippen LogP contribution in [0, 0.1) is 12.8 Å². The van der Waals surface area contributed by atoms with Gasteiger partial charge in [-0.2, -0.15) is 0 Å². The van der Waals surface area contributed by atoms with Crippen molar-refractivity contribution in [3.05, 3.63) is 78.6 Å². The molecule has 1 aliphatic rings. The van der Waals surface area contributed by atoms with E-state index in [0.29, 0.717) is 12.3 Å². The van der Waals surface area contributed by atoms with Crippen molar-refractivity contribution in [3.8, 4) is 17.0 Å². The second kappa shape index (κ2) is 8.43. The van der Waals surface area contributed by atoms with Gasteiger partial charge in [0, 0.05) is 48.4 Å². The maximum absolute atomic E-state index is 13.1. The number of amides is 2. The molecule has 1 atom stereocenters. The highest BCUT2D eigenvalue weighted by atomic mass is 16.5. The first-order valence-electron chi connectivity index (χ1n) is 10.8. The van der Waals surface area contributed by atoms with Crippen LogP contribution in [0.1, 0.15) is 12.0 Å². The highest BCUT2D eigenvalue weighted by Crippen LogP contribution is 2.30. The van der Waals surface area contributed by atoms with Crippen molar-refractivity contribution in [2.24, 2.45) is 5.92 Å². The van der Waals surface area contributed by atoms with Crippen molar-refractivity contribution in [3.63, 3.8) is 0 Å². The lowest BCUT2D eigenvalue weighted by molar-refractivity contribution is -0.122. The molecule has 1 fully saturated rings. The summed E-state index contributed by atoms with van der Waals surface area (Å²) in [6.45, 7) is 2.29. The Morgan fingerprint density at radius 1 is 1.12 bits per heavy atom. The Labute approximate surface area is 191 Å². The summed E-state index contributed by atoms with van der Waals surface area (Å²) in [6, 6.07) is 19.1. The molecule has 1 N–H and O–H groups in total. The molecule has 7 nitrogen and oxygen atoms in total. The number of anilines is 2. The number of imidazole rings is 1. The van der Waals surface area contributed by atoms with E-state index in [1.54, 1.807) is 18.1 Å². The topological polar surface area (TPSA) is 75.9 Å². The van der Waals surface area contributed by atoms with E-state index in [1.165, 1.54) is 0 Å². The maximum atomic E-state index is 13.1. The normalized spacial score (nSPS) is 15.8. The lowest BCUT2D eigenvalue weighted by Gasteiger charge is -2.18. The molecule has 0 saturated carbocycles. The molecule has 0 spiro atoms. The molecule has 0 aliphatic carbocycles. The third kappa shape index (κ3) is 4.05. The monoisotopic (exact) mass is 440 g/mol. The molecule has 4 aromatic rings. The van der Waals surface area contributed by atoms with E-state index in [2.05, 4.69) is 10.3 Å². The van der Waals surface area contributed by atoms with Gasteiger partial charge in [-0.25, -0.2) is 4.98 Å². The second-order valence-corrected chi connectivity index (χ2v) is 8.22. The Morgan fingerprint density at radius 2 is 2.00 bits per heavy atom. The number of fused-ring (bicyclic) bond motifs is 1. The summed E-state index contributed by atoms with van der Waals surface area (Å²) < 4.78 is 7.22. The number of rotatable bonds is 5. The minimum atomic E-state index is -0.429. The highest BCUT2D eigenvalue weighted by Gasteiger charge is 2.35. The van der Waals surface area contributed by atoms with Crippen LogP contribution in [0.25, 0.3) is 16.9 Å². The van der Waals surface area contributed by atoms with Crippen molar-refractivity contribution in [1.29, 1.82) is 0 Å². The Kier molecular flexibility index (Phi) is 5.30. The fraction of sp³-hybridized carbons (Fsp3) is 0.192. The molecule has 7 heteroatoms. The van der Waals surface area contributed by atoms with E-state index >= 15 is 0 Å². The second-order valence-electron chi connectivity index (χ2n) is 8.22. The third-order valence-electron chi connectivity index (χ3n) is 6.02. The van der Waals surface area contributed by atoms with E-state index in [1.807, 2.05) is 78.3 Å². The minimum absolute atomic E-state index is 0.0708. The number of carbonyl (C=O) groups is 2. The van der Waals surface area contributed by atoms with E-state index in [4.69, 9.17) is 4.74 Å². The minimum Gasteiger partial charge on any atom is -0.497 e. The zero-order valence-corrected chi connectivity index (χ0v) is 18.5. The molecule has 2 aromatic carbocycles. The van der Waals surface area contributed by atoms with Crippen molar-refractivity contribution in [2.75, 3.05) is 23.9 Å². The van der Waals surface area contributed by atoms with Crippen LogP contribution in [0.2, 0.25) is 0 Å². The maximum Gasteiger partial charge on any atom is 0.229 e. The number of aromatic nitrogens is 2. The average Bonchev–Trinajstić information content (AvgIpc) is 3.44. The molecule has 166 valence electrons. The predicted molar refractivity (Wildman–Crippen MR) is 127 cm³/mol. The quantitative estimate of drug-likeness (QED) is 0.502. The van der Waals surface area contributed by atoms with Crippen LogP contribution in [-0.2, 0) is 9.59 Å². The van der Waals surface area contributed by atoms with Crippen LogP contribution in [0.5, 0.6) is 5.75 Å². The van der Waals surface area contributed by atoms with Crippen molar-refractivity contribution < 1.29 is 14.3 Å². The van der Waals surface area contributed by atoms with Gasteiger partial charge >= 0.3 is 0 Å². The van der Waals surface area contributed by atoms with Gasteiger partial charge < -0.3 is 19.4 Å². The van der Waals surface area contributed by atoms with Gasteiger partial charge in [0.25, 0.3) is 0 Å². The van der Waals surface area contributed by atoms with Crippen LogP contribution >= 0.6 is 0 Å². The summed E-state index contributed by atoms with van der Waals surface area (Å²) in [6.07, 6.45) is 4.09. The van der Waals surface area contributed by atoms with Gasteiger partial charge in [0.2, 0.25) is 11.8 Å². The van der Waals surface area contributed by atoms with Gasteiger partial charge in [-0.1, -0.05) is 24.3 Å². The fourth-order valence-corrected chi connectivity index (χ4v) is 4.14. The van der Waals surface area contributed by atoms with Crippen LogP contribution in [0.15, 0.2) is 73.1 Å². The van der Waals surface area contributed by atoms with Gasteiger partial charge in [-0.3, -0.25) is 9.59 Å². The van der Waals surface area contributed by atoms with Crippen LogP contribution in [0.4, 0.5) is 11.4 Å². The lowest BCUT2D eigenvalue weighted by Crippen LogP contribution is -2.28. The summed E-state index contributed by atoms with van der Waals surface area (Å²) in [5.41, 5.74) is 5.02. The molecule has 1 aliphatic heterocycles.